The number of thiazole rings is 1. The summed E-state index contributed by atoms with van der Waals surface area (Å²) in [6.45, 7) is 1.97. The molecular formula is C17H14N4O3S. The summed E-state index contributed by atoms with van der Waals surface area (Å²) in [5.74, 6) is -0.0866. The smallest absolute Gasteiger partial charge is 0.270 e. The molecule has 8 heteroatoms. The Kier molecular flexibility index (Phi) is 4.71. The molecule has 0 fully saturated rings. The fraction of sp³-hybridized carbons (Fsp3) is 0.0588. The fourth-order valence-electron chi connectivity index (χ4n) is 2.22. The van der Waals surface area contributed by atoms with E-state index in [-0.39, 0.29) is 17.0 Å². The van der Waals surface area contributed by atoms with Crippen LogP contribution in [0.2, 0.25) is 0 Å². The van der Waals surface area contributed by atoms with Crippen LogP contribution in [0.25, 0.3) is 11.3 Å². The number of anilines is 1. The SMILES string of the molecule is Cc1sc(N/N=C\c2cc([N+](=O)[O-])ccc2O)nc1-c1ccccc1. The van der Waals surface area contributed by atoms with Crippen LogP contribution in [0.4, 0.5) is 10.8 Å². The monoisotopic (exact) mass is 354 g/mol. The van der Waals surface area contributed by atoms with Crippen LogP contribution in [0.5, 0.6) is 5.75 Å². The van der Waals surface area contributed by atoms with Crippen molar-refractivity contribution in [2.24, 2.45) is 5.10 Å². The molecule has 3 rings (SSSR count). The molecule has 126 valence electrons. The van der Waals surface area contributed by atoms with Crippen LogP contribution in [0.15, 0.2) is 53.6 Å². The van der Waals surface area contributed by atoms with Crippen molar-refractivity contribution < 1.29 is 10.0 Å². The van der Waals surface area contributed by atoms with Gasteiger partial charge in [-0.1, -0.05) is 30.3 Å². The number of aromatic nitrogens is 1. The third-order valence-corrected chi connectivity index (χ3v) is 4.31. The highest BCUT2D eigenvalue weighted by Gasteiger charge is 2.10. The van der Waals surface area contributed by atoms with E-state index >= 15 is 0 Å². The summed E-state index contributed by atoms with van der Waals surface area (Å²) in [7, 11) is 0. The molecule has 0 aliphatic carbocycles. The van der Waals surface area contributed by atoms with E-state index in [1.165, 1.54) is 35.8 Å². The van der Waals surface area contributed by atoms with Crippen molar-refractivity contribution in [2.45, 2.75) is 6.92 Å². The number of nitrogens with one attached hydrogen (secondary N) is 1. The Labute approximate surface area is 147 Å². The summed E-state index contributed by atoms with van der Waals surface area (Å²) in [5, 5.41) is 25.2. The highest BCUT2D eigenvalue weighted by atomic mass is 32.1. The minimum atomic E-state index is -0.527. The van der Waals surface area contributed by atoms with Crippen molar-refractivity contribution in [2.75, 3.05) is 5.43 Å². The number of nitro groups is 1. The van der Waals surface area contributed by atoms with Crippen LogP contribution in [0.1, 0.15) is 10.4 Å². The number of aryl methyl sites for hydroxylation is 1. The average molecular weight is 354 g/mol. The highest BCUT2D eigenvalue weighted by Crippen LogP contribution is 2.30. The Morgan fingerprint density at radius 3 is 2.76 bits per heavy atom. The van der Waals surface area contributed by atoms with Gasteiger partial charge in [0.2, 0.25) is 5.13 Å². The lowest BCUT2D eigenvalue weighted by molar-refractivity contribution is -0.384. The molecule has 0 aliphatic rings. The van der Waals surface area contributed by atoms with Crippen LogP contribution in [-0.2, 0) is 0 Å². The number of nitrogens with zero attached hydrogens (tertiary/aromatic N) is 3. The summed E-state index contributed by atoms with van der Waals surface area (Å²) in [6, 6.07) is 13.6. The molecule has 2 aromatic carbocycles. The fourth-order valence-corrected chi connectivity index (χ4v) is 3.01. The van der Waals surface area contributed by atoms with Gasteiger partial charge in [-0.3, -0.25) is 15.5 Å². The number of aromatic hydroxyl groups is 1. The lowest BCUT2D eigenvalue weighted by Crippen LogP contribution is -1.93. The number of rotatable bonds is 5. The minimum Gasteiger partial charge on any atom is -0.507 e. The third-order valence-electron chi connectivity index (χ3n) is 3.43. The molecule has 0 saturated carbocycles. The van der Waals surface area contributed by atoms with Gasteiger partial charge < -0.3 is 5.11 Å². The standard InChI is InChI=1S/C17H14N4O3S/c1-11-16(12-5-3-2-4-6-12)19-17(25-11)20-18-10-13-9-14(21(23)24)7-8-15(13)22/h2-10,22H,1H3,(H,19,20)/b18-10-. The quantitative estimate of drug-likeness (QED) is 0.407. The molecule has 0 bridgehead atoms. The van der Waals surface area contributed by atoms with Gasteiger partial charge in [0.05, 0.1) is 16.8 Å². The molecule has 1 aromatic heterocycles. The molecule has 2 N–H and O–H groups in total. The second-order valence-corrected chi connectivity index (χ2v) is 6.36. The zero-order valence-electron chi connectivity index (χ0n) is 13.2. The summed E-state index contributed by atoms with van der Waals surface area (Å²) in [4.78, 5) is 15.8. The summed E-state index contributed by atoms with van der Waals surface area (Å²) in [5.41, 5.74) is 4.82. The van der Waals surface area contributed by atoms with Gasteiger partial charge in [-0.15, -0.1) is 11.3 Å². The minimum absolute atomic E-state index is 0.0866. The van der Waals surface area contributed by atoms with E-state index in [0.717, 1.165) is 16.1 Å². The van der Waals surface area contributed by atoms with Gasteiger partial charge in [0.15, 0.2) is 0 Å². The first kappa shape index (κ1) is 16.6. The maximum absolute atomic E-state index is 10.8. The predicted octanol–water partition coefficient (Wildman–Crippen LogP) is 4.18. The highest BCUT2D eigenvalue weighted by molar-refractivity contribution is 7.15. The normalized spacial score (nSPS) is 10.9. The second kappa shape index (κ2) is 7.10. The van der Waals surface area contributed by atoms with Crippen LogP contribution in [-0.4, -0.2) is 21.2 Å². The molecular weight excluding hydrogens is 340 g/mol. The lowest BCUT2D eigenvalue weighted by atomic mass is 10.1. The first-order valence-electron chi connectivity index (χ1n) is 7.34. The zero-order valence-corrected chi connectivity index (χ0v) is 14.0. The van der Waals surface area contributed by atoms with Crippen molar-refractivity contribution in [3.63, 3.8) is 0 Å². The van der Waals surface area contributed by atoms with Crippen molar-refractivity contribution in [3.8, 4) is 17.0 Å². The molecule has 0 amide bonds. The number of hydrogen-bond acceptors (Lipinski definition) is 7. The average Bonchev–Trinajstić information content (AvgIpc) is 2.98. The molecule has 0 unspecified atom stereocenters. The third kappa shape index (κ3) is 3.81. The van der Waals surface area contributed by atoms with Gasteiger partial charge in [0.1, 0.15) is 5.75 Å². The zero-order chi connectivity index (χ0) is 17.8. The first-order valence-corrected chi connectivity index (χ1v) is 8.15. The molecule has 0 atom stereocenters. The summed E-state index contributed by atoms with van der Waals surface area (Å²) < 4.78 is 0. The van der Waals surface area contributed by atoms with E-state index in [1.807, 2.05) is 37.3 Å². The largest absolute Gasteiger partial charge is 0.507 e. The number of hydrogen-bond donors (Lipinski definition) is 2. The van der Waals surface area contributed by atoms with E-state index < -0.39 is 4.92 Å². The molecule has 25 heavy (non-hydrogen) atoms. The van der Waals surface area contributed by atoms with E-state index in [1.54, 1.807) is 0 Å². The lowest BCUT2D eigenvalue weighted by Gasteiger charge is -1.99. The number of non-ortho nitro benzene ring substituents is 1. The van der Waals surface area contributed by atoms with Gasteiger partial charge in [-0.05, 0) is 13.0 Å². The number of benzene rings is 2. The first-order chi connectivity index (χ1) is 12.0. The van der Waals surface area contributed by atoms with Crippen molar-refractivity contribution >= 4 is 28.4 Å². The van der Waals surface area contributed by atoms with E-state index in [0.29, 0.717) is 5.13 Å². The maximum atomic E-state index is 10.8. The second-order valence-electron chi connectivity index (χ2n) is 5.16. The molecule has 0 aliphatic heterocycles. The Morgan fingerprint density at radius 2 is 2.04 bits per heavy atom. The van der Waals surface area contributed by atoms with E-state index in [4.69, 9.17) is 0 Å². The molecule has 1 heterocycles. The Hall–Kier alpha value is -3.26. The maximum Gasteiger partial charge on any atom is 0.270 e. The van der Waals surface area contributed by atoms with Crippen molar-refractivity contribution in [3.05, 3.63) is 69.1 Å². The van der Waals surface area contributed by atoms with Crippen LogP contribution < -0.4 is 5.43 Å². The van der Waals surface area contributed by atoms with Gasteiger partial charge >= 0.3 is 0 Å². The topological polar surface area (TPSA) is 101 Å². The van der Waals surface area contributed by atoms with Crippen molar-refractivity contribution in [1.29, 1.82) is 0 Å². The van der Waals surface area contributed by atoms with Gasteiger partial charge in [-0.25, -0.2) is 4.98 Å². The van der Waals surface area contributed by atoms with Crippen LogP contribution in [0, 0.1) is 17.0 Å². The number of hydrazone groups is 1. The Morgan fingerprint density at radius 1 is 1.28 bits per heavy atom. The summed E-state index contributed by atoms with van der Waals surface area (Å²) >= 11 is 1.45. The van der Waals surface area contributed by atoms with Gasteiger partial charge in [0.25, 0.3) is 5.69 Å². The summed E-state index contributed by atoms with van der Waals surface area (Å²) in [6.07, 6.45) is 1.32. The van der Waals surface area contributed by atoms with Gasteiger partial charge in [-0.2, -0.15) is 5.10 Å². The molecule has 3 aromatic rings. The predicted molar refractivity (Wildman–Crippen MR) is 98.3 cm³/mol. The van der Waals surface area contributed by atoms with Crippen LogP contribution in [0.3, 0.4) is 0 Å². The van der Waals surface area contributed by atoms with Crippen molar-refractivity contribution in [1.82, 2.24) is 4.98 Å². The molecule has 0 radical (unpaired) electrons. The van der Waals surface area contributed by atoms with Gasteiger partial charge in [0, 0.05) is 28.1 Å². The van der Waals surface area contributed by atoms with Crippen LogP contribution >= 0.6 is 11.3 Å². The Balaban J connectivity index is 1.77. The molecule has 7 nitrogen and oxygen atoms in total. The Bertz CT molecular complexity index is 938. The number of phenols is 1. The van der Waals surface area contributed by atoms with E-state index in [9.17, 15) is 15.2 Å². The molecule has 0 spiro atoms. The molecule has 0 saturated heterocycles. The number of nitro benzene ring substituents is 1. The van der Waals surface area contributed by atoms with E-state index in [2.05, 4.69) is 15.5 Å². The number of phenolic OH excluding ortho intramolecular Hbond substituents is 1.